The molecule has 0 aliphatic carbocycles. The average Bonchev–Trinajstić information content (AvgIpc) is 2.71. The van der Waals surface area contributed by atoms with Crippen LogP contribution < -0.4 is 10.1 Å². The fourth-order valence-electron chi connectivity index (χ4n) is 2.13. The molecular formula is C14H19N3O. The first-order valence-corrected chi connectivity index (χ1v) is 5.98. The molecular weight excluding hydrogens is 226 g/mol. The summed E-state index contributed by atoms with van der Waals surface area (Å²) in [6, 6.07) is 6.15. The normalized spacial score (nSPS) is 10.7. The van der Waals surface area contributed by atoms with Crippen LogP contribution in [0.4, 0.5) is 0 Å². The van der Waals surface area contributed by atoms with Crippen molar-refractivity contribution in [2.75, 3.05) is 14.2 Å². The fourth-order valence-corrected chi connectivity index (χ4v) is 2.13. The number of methoxy groups -OCH3 is 1. The summed E-state index contributed by atoms with van der Waals surface area (Å²) in [5.74, 6) is 0.907. The van der Waals surface area contributed by atoms with E-state index in [1.165, 1.54) is 5.56 Å². The summed E-state index contributed by atoms with van der Waals surface area (Å²) in [7, 11) is 5.57. The zero-order valence-electron chi connectivity index (χ0n) is 11.3. The monoisotopic (exact) mass is 245 g/mol. The van der Waals surface area contributed by atoms with Crippen molar-refractivity contribution in [1.82, 2.24) is 15.1 Å². The second kappa shape index (κ2) is 5.23. The lowest BCUT2D eigenvalue weighted by atomic mass is 10.1. The van der Waals surface area contributed by atoms with Gasteiger partial charge in [0, 0.05) is 30.9 Å². The summed E-state index contributed by atoms with van der Waals surface area (Å²) in [5.41, 5.74) is 4.47. The van der Waals surface area contributed by atoms with Gasteiger partial charge in [-0.25, -0.2) is 0 Å². The molecule has 2 rings (SSSR count). The highest BCUT2D eigenvalue weighted by Gasteiger charge is 2.10. The number of benzene rings is 1. The highest BCUT2D eigenvalue weighted by molar-refractivity contribution is 5.65. The molecule has 0 fully saturated rings. The number of hydrogen-bond donors (Lipinski definition) is 1. The van der Waals surface area contributed by atoms with E-state index in [9.17, 15) is 0 Å². The van der Waals surface area contributed by atoms with Crippen molar-refractivity contribution < 1.29 is 4.74 Å². The van der Waals surface area contributed by atoms with Crippen molar-refractivity contribution in [2.24, 2.45) is 7.05 Å². The topological polar surface area (TPSA) is 39.1 Å². The molecule has 0 amide bonds. The van der Waals surface area contributed by atoms with Crippen LogP contribution in [-0.4, -0.2) is 23.9 Å². The SMILES string of the molecule is CNCc1cn(C)nc1-c1ccc(OC)c(C)c1. The van der Waals surface area contributed by atoms with Gasteiger partial charge in [0.1, 0.15) is 5.75 Å². The van der Waals surface area contributed by atoms with Crippen LogP contribution >= 0.6 is 0 Å². The molecule has 0 bridgehead atoms. The average molecular weight is 245 g/mol. The molecule has 0 saturated carbocycles. The predicted octanol–water partition coefficient (Wildman–Crippen LogP) is 2.12. The van der Waals surface area contributed by atoms with Crippen LogP contribution in [0.15, 0.2) is 24.4 Å². The van der Waals surface area contributed by atoms with E-state index in [4.69, 9.17) is 4.74 Å². The largest absolute Gasteiger partial charge is 0.496 e. The third-order valence-electron chi connectivity index (χ3n) is 2.94. The van der Waals surface area contributed by atoms with E-state index in [1.54, 1.807) is 7.11 Å². The first kappa shape index (κ1) is 12.6. The lowest BCUT2D eigenvalue weighted by molar-refractivity contribution is 0.412. The van der Waals surface area contributed by atoms with Crippen molar-refractivity contribution in [2.45, 2.75) is 13.5 Å². The molecule has 18 heavy (non-hydrogen) atoms. The number of aromatic nitrogens is 2. The summed E-state index contributed by atoms with van der Waals surface area (Å²) in [6.07, 6.45) is 2.05. The molecule has 4 nitrogen and oxygen atoms in total. The summed E-state index contributed by atoms with van der Waals surface area (Å²) in [6.45, 7) is 2.86. The molecule has 1 aromatic carbocycles. The Labute approximate surface area is 108 Å². The van der Waals surface area contributed by atoms with Gasteiger partial charge in [0.25, 0.3) is 0 Å². The molecule has 0 aliphatic heterocycles. The molecule has 0 radical (unpaired) electrons. The highest BCUT2D eigenvalue weighted by atomic mass is 16.5. The smallest absolute Gasteiger partial charge is 0.121 e. The van der Waals surface area contributed by atoms with Crippen LogP contribution in [0.5, 0.6) is 5.75 Å². The van der Waals surface area contributed by atoms with Gasteiger partial charge in [-0.3, -0.25) is 4.68 Å². The molecule has 1 aromatic heterocycles. The third kappa shape index (κ3) is 2.38. The van der Waals surface area contributed by atoms with Gasteiger partial charge in [-0.15, -0.1) is 0 Å². The Morgan fingerprint density at radius 2 is 2.17 bits per heavy atom. The van der Waals surface area contributed by atoms with Crippen LogP contribution in [-0.2, 0) is 13.6 Å². The van der Waals surface area contributed by atoms with Gasteiger partial charge in [0.05, 0.1) is 12.8 Å². The van der Waals surface area contributed by atoms with Crippen molar-refractivity contribution in [3.8, 4) is 17.0 Å². The van der Waals surface area contributed by atoms with Gasteiger partial charge < -0.3 is 10.1 Å². The van der Waals surface area contributed by atoms with E-state index in [0.29, 0.717) is 0 Å². The van der Waals surface area contributed by atoms with Crippen LogP contribution in [0.1, 0.15) is 11.1 Å². The van der Waals surface area contributed by atoms with Crippen molar-refractivity contribution >= 4 is 0 Å². The minimum absolute atomic E-state index is 0.814. The van der Waals surface area contributed by atoms with E-state index in [2.05, 4.69) is 16.5 Å². The zero-order valence-corrected chi connectivity index (χ0v) is 11.3. The summed E-state index contributed by atoms with van der Waals surface area (Å²) in [4.78, 5) is 0. The van der Waals surface area contributed by atoms with Gasteiger partial charge >= 0.3 is 0 Å². The molecule has 0 saturated heterocycles. The first-order valence-electron chi connectivity index (χ1n) is 5.98. The molecule has 1 N–H and O–H groups in total. The Hall–Kier alpha value is -1.81. The Kier molecular flexibility index (Phi) is 3.67. The van der Waals surface area contributed by atoms with Gasteiger partial charge in [0.15, 0.2) is 0 Å². The van der Waals surface area contributed by atoms with E-state index in [0.717, 1.165) is 29.1 Å². The standard InChI is InChI=1S/C14H19N3O/c1-10-7-11(5-6-13(10)18-4)14-12(8-15-2)9-17(3)16-14/h5-7,9,15H,8H2,1-4H3. The number of nitrogens with one attached hydrogen (secondary N) is 1. The molecule has 0 atom stereocenters. The fraction of sp³-hybridized carbons (Fsp3) is 0.357. The summed E-state index contributed by atoms with van der Waals surface area (Å²) >= 11 is 0. The van der Waals surface area contributed by atoms with Gasteiger partial charge in [-0.1, -0.05) is 0 Å². The summed E-state index contributed by atoms with van der Waals surface area (Å²) < 4.78 is 7.13. The maximum absolute atomic E-state index is 5.28. The second-order valence-electron chi connectivity index (χ2n) is 4.39. The van der Waals surface area contributed by atoms with E-state index < -0.39 is 0 Å². The second-order valence-corrected chi connectivity index (χ2v) is 4.39. The third-order valence-corrected chi connectivity index (χ3v) is 2.94. The van der Waals surface area contributed by atoms with Crippen LogP contribution in [0.25, 0.3) is 11.3 Å². The van der Waals surface area contributed by atoms with Crippen LogP contribution in [0.2, 0.25) is 0 Å². The van der Waals surface area contributed by atoms with Gasteiger partial charge in [-0.2, -0.15) is 5.10 Å². The highest BCUT2D eigenvalue weighted by Crippen LogP contribution is 2.27. The van der Waals surface area contributed by atoms with E-state index in [1.807, 2.05) is 44.0 Å². The molecule has 96 valence electrons. The van der Waals surface area contributed by atoms with E-state index in [-0.39, 0.29) is 0 Å². The maximum Gasteiger partial charge on any atom is 0.121 e. The molecule has 0 aliphatic rings. The van der Waals surface area contributed by atoms with Crippen molar-refractivity contribution in [3.63, 3.8) is 0 Å². The van der Waals surface area contributed by atoms with Crippen molar-refractivity contribution in [1.29, 1.82) is 0 Å². The van der Waals surface area contributed by atoms with Gasteiger partial charge in [0.2, 0.25) is 0 Å². The molecule has 0 unspecified atom stereocenters. The number of rotatable bonds is 4. The molecule has 4 heteroatoms. The van der Waals surface area contributed by atoms with Crippen molar-refractivity contribution in [3.05, 3.63) is 35.5 Å². The van der Waals surface area contributed by atoms with Crippen LogP contribution in [0.3, 0.4) is 0 Å². The van der Waals surface area contributed by atoms with E-state index >= 15 is 0 Å². The predicted molar refractivity (Wildman–Crippen MR) is 72.7 cm³/mol. The minimum atomic E-state index is 0.814. The lowest BCUT2D eigenvalue weighted by Gasteiger charge is -2.07. The number of aryl methyl sites for hydroxylation is 2. The molecule has 0 spiro atoms. The maximum atomic E-state index is 5.28. The minimum Gasteiger partial charge on any atom is -0.496 e. The first-order chi connectivity index (χ1) is 8.65. The Morgan fingerprint density at radius 1 is 1.39 bits per heavy atom. The Balaban J connectivity index is 2.44. The van der Waals surface area contributed by atoms with Gasteiger partial charge in [-0.05, 0) is 37.7 Å². The molecule has 2 aromatic rings. The van der Waals surface area contributed by atoms with Crippen LogP contribution in [0, 0.1) is 6.92 Å². The Morgan fingerprint density at radius 3 is 2.78 bits per heavy atom. The number of ether oxygens (including phenoxy) is 1. The lowest BCUT2D eigenvalue weighted by Crippen LogP contribution is -2.05. The quantitative estimate of drug-likeness (QED) is 0.896. The number of nitrogens with zero attached hydrogens (tertiary/aromatic N) is 2. The molecule has 1 heterocycles. The summed E-state index contributed by atoms with van der Waals surface area (Å²) in [5, 5.41) is 7.70. The zero-order chi connectivity index (χ0) is 13.1. The number of hydrogen-bond acceptors (Lipinski definition) is 3. The Bertz CT molecular complexity index is 546.